The summed E-state index contributed by atoms with van der Waals surface area (Å²) >= 11 is 0. The van der Waals surface area contributed by atoms with Crippen LogP contribution in [0.15, 0.2) is 41.3 Å². The number of halogens is 5. The van der Waals surface area contributed by atoms with Crippen molar-refractivity contribution in [2.75, 3.05) is 16.6 Å². The predicted octanol–water partition coefficient (Wildman–Crippen LogP) is 3.27. The molecule has 192 valence electrons. The Morgan fingerprint density at radius 2 is 1.92 bits per heavy atom. The number of amides is 1. The lowest BCUT2D eigenvalue weighted by atomic mass is 10.1. The monoisotopic (exact) mass is 530 g/mol. The van der Waals surface area contributed by atoms with Crippen LogP contribution in [-0.2, 0) is 10.0 Å². The number of pyridine rings is 2. The number of carbonyl (C=O) groups is 1. The molecule has 1 unspecified atom stereocenters. The number of nitrogens with zero attached hydrogens (tertiary/aromatic N) is 3. The van der Waals surface area contributed by atoms with Crippen LogP contribution >= 0.6 is 0 Å². The maximum atomic E-state index is 14.7. The van der Waals surface area contributed by atoms with Crippen molar-refractivity contribution in [3.8, 4) is 5.69 Å². The van der Waals surface area contributed by atoms with E-state index in [-0.39, 0.29) is 34.8 Å². The fourth-order valence-corrected chi connectivity index (χ4v) is 5.41. The van der Waals surface area contributed by atoms with Gasteiger partial charge in [0.25, 0.3) is 5.91 Å². The predicted molar refractivity (Wildman–Crippen MR) is 121 cm³/mol. The highest BCUT2D eigenvalue weighted by Crippen LogP contribution is 2.27. The molecule has 0 aliphatic carbocycles. The molecule has 1 amide bonds. The second-order valence-corrected chi connectivity index (χ2v) is 10.1. The van der Waals surface area contributed by atoms with Crippen LogP contribution in [0, 0.1) is 11.6 Å². The number of fused-ring (bicyclic) bond motifs is 1. The number of hydrogen-bond acceptors (Lipinski definition) is 5. The minimum atomic E-state index is -4.78. The lowest BCUT2D eigenvalue weighted by Gasteiger charge is -2.21. The van der Waals surface area contributed by atoms with Gasteiger partial charge in [0.2, 0.25) is 15.5 Å². The highest BCUT2D eigenvalue weighted by molar-refractivity contribution is 7.93. The summed E-state index contributed by atoms with van der Waals surface area (Å²) in [5.41, 5.74) is -2.38. The van der Waals surface area contributed by atoms with E-state index in [9.17, 15) is 40.0 Å². The molecule has 36 heavy (non-hydrogen) atoms. The van der Waals surface area contributed by atoms with Crippen molar-refractivity contribution < 1.29 is 35.2 Å². The molecule has 1 aliphatic heterocycles. The first-order valence-electron chi connectivity index (χ1n) is 10.7. The van der Waals surface area contributed by atoms with Crippen LogP contribution in [0.25, 0.3) is 16.7 Å². The fourth-order valence-electron chi connectivity index (χ4n) is 3.90. The zero-order chi connectivity index (χ0) is 26.4. The summed E-state index contributed by atoms with van der Waals surface area (Å²) in [6, 6.07) is 2.55. The zero-order valence-electron chi connectivity index (χ0n) is 18.6. The third kappa shape index (κ3) is 4.64. The van der Waals surface area contributed by atoms with E-state index >= 15 is 0 Å². The lowest BCUT2D eigenvalue weighted by Crippen LogP contribution is -2.46. The molecule has 0 bridgehead atoms. The van der Waals surface area contributed by atoms with E-state index in [0.29, 0.717) is 12.5 Å². The summed E-state index contributed by atoms with van der Waals surface area (Å²) in [4.78, 5) is 30.0. The van der Waals surface area contributed by atoms with E-state index in [0.717, 1.165) is 33.3 Å². The molecule has 1 aliphatic rings. The van der Waals surface area contributed by atoms with Gasteiger partial charge in [0, 0.05) is 18.8 Å². The number of anilines is 1. The van der Waals surface area contributed by atoms with Crippen molar-refractivity contribution in [2.24, 2.45) is 0 Å². The van der Waals surface area contributed by atoms with Gasteiger partial charge in [0.05, 0.1) is 16.8 Å². The molecule has 1 N–H and O–H groups in total. The van der Waals surface area contributed by atoms with Crippen LogP contribution in [0.5, 0.6) is 0 Å². The van der Waals surface area contributed by atoms with E-state index in [2.05, 4.69) is 4.98 Å². The smallest absolute Gasteiger partial charge is 0.340 e. The average molecular weight is 530 g/mol. The molecule has 1 aromatic carbocycles. The molecule has 1 fully saturated rings. The van der Waals surface area contributed by atoms with Crippen molar-refractivity contribution in [2.45, 2.75) is 32.0 Å². The molecule has 1 saturated heterocycles. The Balaban J connectivity index is 1.95. The maximum absolute atomic E-state index is 14.7. The molecule has 0 radical (unpaired) electrons. The summed E-state index contributed by atoms with van der Waals surface area (Å²) in [6.45, 7) is 1.31. The van der Waals surface area contributed by atoms with Gasteiger partial charge in [-0.1, -0.05) is 6.92 Å². The number of nitrogens with one attached hydrogen (secondary N) is 1. The van der Waals surface area contributed by atoms with E-state index in [1.54, 1.807) is 5.32 Å². The molecule has 2 aromatic heterocycles. The SMILES string of the molecule is CCC(NC(=O)c1cn(-c2ccc(F)cc2F)c2nc(N3CCCS3(=O)=O)ccc2c1=O)C(F)(F)F. The molecule has 3 aromatic rings. The normalized spacial score (nSPS) is 16.3. The summed E-state index contributed by atoms with van der Waals surface area (Å²) in [6.07, 6.45) is -4.15. The molecule has 0 spiro atoms. The van der Waals surface area contributed by atoms with E-state index in [1.165, 1.54) is 13.0 Å². The van der Waals surface area contributed by atoms with Gasteiger partial charge < -0.3 is 5.32 Å². The standard InChI is InChI=1S/C22H19F5N4O4S/c1-2-17(22(25,26)27)28-21(33)14-11-30(16-6-4-12(23)10-15(16)24)20-13(19(14)32)5-7-18(29-20)31-8-3-9-36(31,34)35/h4-7,10-11,17H,2-3,8-9H2,1H3,(H,28,33). The summed E-state index contributed by atoms with van der Waals surface area (Å²) in [5, 5.41) is 1.47. The highest BCUT2D eigenvalue weighted by atomic mass is 32.2. The van der Waals surface area contributed by atoms with E-state index in [1.807, 2.05) is 0 Å². The van der Waals surface area contributed by atoms with Gasteiger partial charge in [0.15, 0.2) is 5.65 Å². The first kappa shape index (κ1) is 25.5. The highest BCUT2D eigenvalue weighted by Gasteiger charge is 2.40. The number of aromatic nitrogens is 2. The number of carbonyl (C=O) groups excluding carboxylic acids is 1. The number of hydrogen-bond donors (Lipinski definition) is 1. The van der Waals surface area contributed by atoms with Gasteiger partial charge >= 0.3 is 6.18 Å². The Labute approximate surface area is 201 Å². The number of alkyl halides is 3. The maximum Gasteiger partial charge on any atom is 0.408 e. The zero-order valence-corrected chi connectivity index (χ0v) is 19.5. The minimum absolute atomic E-state index is 0.0732. The van der Waals surface area contributed by atoms with Crippen molar-refractivity contribution in [1.82, 2.24) is 14.9 Å². The lowest BCUT2D eigenvalue weighted by molar-refractivity contribution is -0.153. The Morgan fingerprint density at radius 1 is 1.19 bits per heavy atom. The summed E-state index contributed by atoms with van der Waals surface area (Å²) < 4.78 is 94.4. The van der Waals surface area contributed by atoms with Gasteiger partial charge in [0.1, 0.15) is 29.1 Å². The van der Waals surface area contributed by atoms with Crippen LogP contribution in [0.1, 0.15) is 30.1 Å². The molecule has 14 heteroatoms. The molecule has 8 nitrogen and oxygen atoms in total. The van der Waals surface area contributed by atoms with Crippen LogP contribution in [-0.4, -0.2) is 48.4 Å². The Kier molecular flexibility index (Phi) is 6.49. The second kappa shape index (κ2) is 9.15. The van der Waals surface area contributed by atoms with Gasteiger partial charge in [-0.15, -0.1) is 0 Å². The van der Waals surface area contributed by atoms with E-state index < -0.39 is 57.2 Å². The van der Waals surface area contributed by atoms with Crippen LogP contribution in [0.2, 0.25) is 0 Å². The van der Waals surface area contributed by atoms with Crippen LogP contribution < -0.4 is 15.1 Å². The second-order valence-electron chi connectivity index (χ2n) is 8.10. The Morgan fingerprint density at radius 3 is 2.50 bits per heavy atom. The quantitative estimate of drug-likeness (QED) is 0.511. The first-order valence-corrected chi connectivity index (χ1v) is 12.3. The van der Waals surface area contributed by atoms with Crippen molar-refractivity contribution >= 4 is 32.8 Å². The average Bonchev–Trinajstić information content (AvgIpc) is 3.16. The molecular formula is C22H19F5N4O4S. The number of sulfonamides is 1. The van der Waals surface area contributed by atoms with E-state index in [4.69, 9.17) is 0 Å². The third-order valence-corrected chi connectivity index (χ3v) is 7.56. The van der Waals surface area contributed by atoms with Crippen molar-refractivity contribution in [3.63, 3.8) is 0 Å². The van der Waals surface area contributed by atoms with Gasteiger partial charge in [-0.05, 0) is 37.1 Å². The molecule has 0 saturated carbocycles. The third-order valence-electron chi connectivity index (χ3n) is 5.71. The van der Waals surface area contributed by atoms with Gasteiger partial charge in [-0.3, -0.25) is 18.5 Å². The van der Waals surface area contributed by atoms with Gasteiger partial charge in [-0.2, -0.15) is 13.2 Å². The van der Waals surface area contributed by atoms with Crippen molar-refractivity contribution in [1.29, 1.82) is 0 Å². The molecular weight excluding hydrogens is 511 g/mol. The fraction of sp³-hybridized carbons (Fsp3) is 0.318. The molecule has 1 atom stereocenters. The summed E-state index contributed by atoms with van der Waals surface area (Å²) in [7, 11) is -3.67. The topological polar surface area (TPSA) is 101 Å². The number of benzene rings is 1. The molecule has 3 heterocycles. The first-order chi connectivity index (χ1) is 16.8. The molecule has 4 rings (SSSR count). The minimum Gasteiger partial charge on any atom is -0.340 e. The van der Waals surface area contributed by atoms with Crippen LogP contribution in [0.4, 0.5) is 27.8 Å². The van der Waals surface area contributed by atoms with Crippen molar-refractivity contribution in [3.05, 3.63) is 63.9 Å². The largest absolute Gasteiger partial charge is 0.408 e. The number of rotatable bonds is 5. The Bertz CT molecular complexity index is 1520. The van der Waals surface area contributed by atoms with Gasteiger partial charge in [-0.25, -0.2) is 22.2 Å². The summed E-state index contributed by atoms with van der Waals surface area (Å²) in [5.74, 6) is -3.59. The van der Waals surface area contributed by atoms with Crippen LogP contribution in [0.3, 0.4) is 0 Å². The Hall–Kier alpha value is -3.55.